The van der Waals surface area contributed by atoms with Gasteiger partial charge in [0.25, 0.3) is 0 Å². The molecule has 0 radical (unpaired) electrons. The third-order valence-electron chi connectivity index (χ3n) is 2.40. The van der Waals surface area contributed by atoms with E-state index in [0.717, 1.165) is 12.2 Å². The van der Waals surface area contributed by atoms with Gasteiger partial charge < -0.3 is 4.74 Å². The van der Waals surface area contributed by atoms with Gasteiger partial charge in [-0.15, -0.1) is 22.9 Å². The van der Waals surface area contributed by atoms with Crippen LogP contribution in [0.15, 0.2) is 41.8 Å². The molecule has 0 aliphatic heterocycles. The van der Waals surface area contributed by atoms with Crippen LogP contribution >= 0.6 is 22.9 Å². The standard InChI is InChI=1S/C13H13ClOS/c1-15-11-5-2-4-10(8-11)9-12(14)13-6-3-7-16-13/h2-8,12H,9H2,1H3. The molecule has 1 atom stereocenters. The molecule has 0 N–H and O–H groups in total. The van der Waals surface area contributed by atoms with Crippen molar-refractivity contribution in [2.75, 3.05) is 7.11 Å². The Labute approximate surface area is 105 Å². The minimum Gasteiger partial charge on any atom is -0.497 e. The van der Waals surface area contributed by atoms with Gasteiger partial charge in [-0.05, 0) is 35.6 Å². The first-order chi connectivity index (χ1) is 7.79. The molecule has 16 heavy (non-hydrogen) atoms. The Morgan fingerprint density at radius 3 is 2.88 bits per heavy atom. The van der Waals surface area contributed by atoms with Crippen molar-refractivity contribution in [3.8, 4) is 5.75 Å². The van der Waals surface area contributed by atoms with E-state index < -0.39 is 0 Å². The zero-order valence-electron chi connectivity index (χ0n) is 9.02. The van der Waals surface area contributed by atoms with E-state index in [-0.39, 0.29) is 5.38 Å². The summed E-state index contributed by atoms with van der Waals surface area (Å²) in [5.74, 6) is 0.882. The molecule has 1 unspecified atom stereocenters. The van der Waals surface area contributed by atoms with Gasteiger partial charge in [0.15, 0.2) is 0 Å². The predicted octanol–water partition coefficient (Wildman–Crippen LogP) is 4.28. The maximum Gasteiger partial charge on any atom is 0.119 e. The molecule has 3 heteroatoms. The molecule has 1 heterocycles. The quantitative estimate of drug-likeness (QED) is 0.738. The van der Waals surface area contributed by atoms with Crippen molar-refractivity contribution < 1.29 is 4.74 Å². The summed E-state index contributed by atoms with van der Waals surface area (Å²) in [5, 5.41) is 2.10. The maximum atomic E-state index is 6.35. The van der Waals surface area contributed by atoms with Gasteiger partial charge in [-0.25, -0.2) is 0 Å². The molecular weight excluding hydrogens is 240 g/mol. The van der Waals surface area contributed by atoms with Crippen LogP contribution in [0.3, 0.4) is 0 Å². The van der Waals surface area contributed by atoms with E-state index in [1.165, 1.54) is 10.4 Å². The fourth-order valence-electron chi connectivity index (χ4n) is 1.58. The van der Waals surface area contributed by atoms with Crippen LogP contribution in [0.4, 0.5) is 0 Å². The van der Waals surface area contributed by atoms with Gasteiger partial charge in [0.1, 0.15) is 5.75 Å². The number of alkyl halides is 1. The second-order valence-electron chi connectivity index (χ2n) is 3.54. The van der Waals surface area contributed by atoms with E-state index in [9.17, 15) is 0 Å². The normalized spacial score (nSPS) is 12.4. The summed E-state index contributed by atoms with van der Waals surface area (Å²) in [6, 6.07) is 12.1. The van der Waals surface area contributed by atoms with Crippen molar-refractivity contribution in [3.63, 3.8) is 0 Å². The van der Waals surface area contributed by atoms with E-state index in [4.69, 9.17) is 16.3 Å². The highest BCUT2D eigenvalue weighted by Gasteiger charge is 2.10. The van der Waals surface area contributed by atoms with Gasteiger partial charge >= 0.3 is 0 Å². The van der Waals surface area contributed by atoms with Crippen molar-refractivity contribution in [1.82, 2.24) is 0 Å². The molecule has 2 rings (SSSR count). The number of hydrogen-bond donors (Lipinski definition) is 0. The lowest BCUT2D eigenvalue weighted by Crippen LogP contribution is -1.94. The SMILES string of the molecule is COc1cccc(CC(Cl)c2cccs2)c1. The lowest BCUT2D eigenvalue weighted by molar-refractivity contribution is 0.414. The number of hydrogen-bond acceptors (Lipinski definition) is 2. The molecule has 0 aliphatic carbocycles. The first-order valence-electron chi connectivity index (χ1n) is 5.10. The molecule has 0 saturated carbocycles. The average molecular weight is 253 g/mol. The van der Waals surface area contributed by atoms with Crippen LogP contribution in [0.5, 0.6) is 5.75 Å². The molecular formula is C13H13ClOS. The van der Waals surface area contributed by atoms with Crippen molar-refractivity contribution in [2.45, 2.75) is 11.8 Å². The zero-order chi connectivity index (χ0) is 11.4. The van der Waals surface area contributed by atoms with Gasteiger partial charge in [-0.1, -0.05) is 18.2 Å². The van der Waals surface area contributed by atoms with E-state index in [2.05, 4.69) is 17.5 Å². The topological polar surface area (TPSA) is 9.23 Å². The Hall–Kier alpha value is -0.990. The van der Waals surface area contributed by atoms with E-state index in [1.54, 1.807) is 18.4 Å². The summed E-state index contributed by atoms with van der Waals surface area (Å²) < 4.78 is 5.19. The van der Waals surface area contributed by atoms with Crippen molar-refractivity contribution in [3.05, 3.63) is 52.2 Å². The minimum absolute atomic E-state index is 0.0482. The number of rotatable bonds is 4. The van der Waals surface area contributed by atoms with E-state index in [0.29, 0.717) is 0 Å². The molecule has 1 nitrogen and oxygen atoms in total. The van der Waals surface area contributed by atoms with Crippen LogP contribution in [-0.2, 0) is 6.42 Å². The fraction of sp³-hybridized carbons (Fsp3) is 0.231. The van der Waals surface area contributed by atoms with Crippen LogP contribution in [0.2, 0.25) is 0 Å². The van der Waals surface area contributed by atoms with E-state index in [1.807, 2.05) is 24.3 Å². The summed E-state index contributed by atoms with van der Waals surface area (Å²) in [6.07, 6.45) is 0.833. The van der Waals surface area contributed by atoms with Crippen LogP contribution in [0.1, 0.15) is 15.8 Å². The lowest BCUT2D eigenvalue weighted by atomic mass is 10.1. The van der Waals surface area contributed by atoms with Gasteiger partial charge in [0.05, 0.1) is 12.5 Å². The van der Waals surface area contributed by atoms with Crippen molar-refractivity contribution in [1.29, 1.82) is 0 Å². The average Bonchev–Trinajstić information content (AvgIpc) is 2.83. The molecule has 1 aromatic heterocycles. The predicted molar refractivity (Wildman–Crippen MR) is 69.6 cm³/mol. The molecule has 0 aliphatic rings. The number of thiophene rings is 1. The summed E-state index contributed by atoms with van der Waals surface area (Å²) >= 11 is 8.04. The van der Waals surface area contributed by atoms with Crippen LogP contribution in [0, 0.1) is 0 Å². The summed E-state index contributed by atoms with van der Waals surface area (Å²) in [6.45, 7) is 0. The van der Waals surface area contributed by atoms with Gasteiger partial charge in [0.2, 0.25) is 0 Å². The highest BCUT2D eigenvalue weighted by Crippen LogP contribution is 2.29. The number of ether oxygens (including phenoxy) is 1. The monoisotopic (exact) mass is 252 g/mol. The Morgan fingerprint density at radius 2 is 2.19 bits per heavy atom. The molecule has 2 aromatic rings. The molecule has 0 spiro atoms. The number of benzene rings is 1. The largest absolute Gasteiger partial charge is 0.497 e. The molecule has 0 fully saturated rings. The summed E-state index contributed by atoms with van der Waals surface area (Å²) in [5.41, 5.74) is 1.20. The molecule has 0 saturated heterocycles. The van der Waals surface area contributed by atoms with Crippen LogP contribution < -0.4 is 4.74 Å². The molecule has 0 amide bonds. The third-order valence-corrected chi connectivity index (χ3v) is 3.91. The Morgan fingerprint density at radius 1 is 1.31 bits per heavy atom. The smallest absolute Gasteiger partial charge is 0.119 e. The second-order valence-corrected chi connectivity index (χ2v) is 5.04. The van der Waals surface area contributed by atoms with Gasteiger partial charge in [0, 0.05) is 4.88 Å². The highest BCUT2D eigenvalue weighted by atomic mass is 35.5. The van der Waals surface area contributed by atoms with Crippen molar-refractivity contribution in [2.24, 2.45) is 0 Å². The van der Waals surface area contributed by atoms with Crippen LogP contribution in [0.25, 0.3) is 0 Å². The summed E-state index contributed by atoms with van der Waals surface area (Å²) in [4.78, 5) is 1.21. The fourth-order valence-corrected chi connectivity index (χ4v) is 2.68. The minimum atomic E-state index is 0.0482. The van der Waals surface area contributed by atoms with Crippen molar-refractivity contribution >= 4 is 22.9 Å². The second kappa shape index (κ2) is 5.37. The molecule has 84 valence electrons. The first kappa shape index (κ1) is 11.5. The maximum absolute atomic E-state index is 6.35. The number of halogens is 1. The lowest BCUT2D eigenvalue weighted by Gasteiger charge is -2.08. The Balaban J connectivity index is 2.08. The van der Waals surface area contributed by atoms with Gasteiger partial charge in [-0.2, -0.15) is 0 Å². The molecule has 0 bridgehead atoms. The Bertz CT molecular complexity index is 439. The molecule has 1 aromatic carbocycles. The Kier molecular flexibility index (Phi) is 3.86. The zero-order valence-corrected chi connectivity index (χ0v) is 10.6. The van der Waals surface area contributed by atoms with Gasteiger partial charge in [-0.3, -0.25) is 0 Å². The third kappa shape index (κ3) is 2.77. The highest BCUT2D eigenvalue weighted by molar-refractivity contribution is 7.10. The first-order valence-corrected chi connectivity index (χ1v) is 6.41. The van der Waals surface area contributed by atoms with E-state index >= 15 is 0 Å². The number of methoxy groups -OCH3 is 1. The van der Waals surface area contributed by atoms with Crippen LogP contribution in [-0.4, -0.2) is 7.11 Å². The summed E-state index contributed by atoms with van der Waals surface area (Å²) in [7, 11) is 1.68.